The third-order valence-electron chi connectivity index (χ3n) is 4.95. The van der Waals surface area contributed by atoms with Gasteiger partial charge >= 0.3 is 6.18 Å². The van der Waals surface area contributed by atoms with Crippen LogP contribution in [-0.4, -0.2) is 39.9 Å². The van der Waals surface area contributed by atoms with Crippen molar-refractivity contribution in [3.05, 3.63) is 65.6 Å². The Balaban J connectivity index is 1.49. The Kier molecular flexibility index (Phi) is 5.77. The van der Waals surface area contributed by atoms with E-state index in [-0.39, 0.29) is 30.3 Å². The van der Waals surface area contributed by atoms with Crippen molar-refractivity contribution in [1.29, 1.82) is 0 Å². The smallest absolute Gasteiger partial charge is 0.417 e. The van der Waals surface area contributed by atoms with Gasteiger partial charge in [-0.1, -0.05) is 26.0 Å². The number of carbonyl (C=O) groups is 1. The van der Waals surface area contributed by atoms with Crippen LogP contribution in [0.3, 0.4) is 0 Å². The molecule has 1 unspecified atom stereocenters. The van der Waals surface area contributed by atoms with E-state index in [0.29, 0.717) is 29.4 Å². The lowest BCUT2D eigenvalue weighted by molar-refractivity contribution is -0.137. The molecule has 3 aromatic rings. The number of alkyl halides is 3. The average Bonchev–Trinajstić information content (AvgIpc) is 3.22. The second-order valence-electron chi connectivity index (χ2n) is 7.62. The van der Waals surface area contributed by atoms with Crippen LogP contribution < -0.4 is 14.8 Å². The van der Waals surface area contributed by atoms with Gasteiger partial charge in [-0.25, -0.2) is 9.67 Å². The van der Waals surface area contributed by atoms with Gasteiger partial charge in [-0.05, 0) is 30.2 Å². The third kappa shape index (κ3) is 4.39. The van der Waals surface area contributed by atoms with E-state index in [1.54, 1.807) is 6.07 Å². The van der Waals surface area contributed by atoms with Gasteiger partial charge in [-0.3, -0.25) is 4.79 Å². The number of hydrogen-bond acceptors (Lipinski definition) is 5. The molecule has 4 rings (SSSR count). The van der Waals surface area contributed by atoms with Gasteiger partial charge in [0.05, 0.1) is 29.6 Å². The molecule has 2 aromatic heterocycles. The van der Waals surface area contributed by atoms with Gasteiger partial charge in [0.2, 0.25) is 0 Å². The standard InChI is InChI=1S/C22H21F3N4O3/c1-13(2)20-16(11-28-29(20)19-8-7-14(9-26-19)22(23,24)25)21(30)27-10-15-12-31-17-5-3-4-6-18(17)32-15/h3-9,11,13,15H,10,12H2,1-2H3,(H,27,30). The summed E-state index contributed by atoms with van der Waals surface area (Å²) in [7, 11) is 0. The van der Waals surface area contributed by atoms with Crippen molar-refractivity contribution in [3.63, 3.8) is 0 Å². The maximum absolute atomic E-state index is 12.9. The number of aromatic nitrogens is 3. The predicted molar refractivity (Wildman–Crippen MR) is 109 cm³/mol. The molecule has 3 heterocycles. The SMILES string of the molecule is CC(C)c1c(C(=O)NCC2COc3ccccc3O2)cnn1-c1ccc(C(F)(F)F)cn1. The van der Waals surface area contributed by atoms with Crippen LogP contribution in [0.2, 0.25) is 0 Å². The van der Waals surface area contributed by atoms with Crippen molar-refractivity contribution >= 4 is 5.91 Å². The first kappa shape index (κ1) is 21.7. The van der Waals surface area contributed by atoms with Gasteiger partial charge in [-0.15, -0.1) is 0 Å². The summed E-state index contributed by atoms with van der Waals surface area (Å²) in [6, 6.07) is 9.45. The van der Waals surface area contributed by atoms with Crippen molar-refractivity contribution < 1.29 is 27.4 Å². The highest BCUT2D eigenvalue weighted by Gasteiger charge is 2.31. The van der Waals surface area contributed by atoms with E-state index in [0.717, 1.165) is 12.3 Å². The molecule has 0 radical (unpaired) electrons. The van der Waals surface area contributed by atoms with Crippen LogP contribution in [0.15, 0.2) is 48.8 Å². The maximum atomic E-state index is 12.9. The number of fused-ring (bicyclic) bond motifs is 1. The molecule has 0 saturated carbocycles. The van der Waals surface area contributed by atoms with Crippen LogP contribution >= 0.6 is 0 Å². The zero-order chi connectivity index (χ0) is 22.9. The molecule has 0 spiro atoms. The first-order valence-corrected chi connectivity index (χ1v) is 10.0. The van der Waals surface area contributed by atoms with Crippen molar-refractivity contribution in [3.8, 4) is 17.3 Å². The molecule has 7 nitrogen and oxygen atoms in total. The summed E-state index contributed by atoms with van der Waals surface area (Å²) in [4.78, 5) is 16.7. The molecule has 1 aliphatic heterocycles. The summed E-state index contributed by atoms with van der Waals surface area (Å²) in [5.41, 5.74) is 0.00786. The molecule has 1 aromatic carbocycles. The third-order valence-corrected chi connectivity index (χ3v) is 4.95. The highest BCUT2D eigenvalue weighted by molar-refractivity contribution is 5.95. The van der Waals surface area contributed by atoms with E-state index in [1.165, 1.54) is 16.9 Å². The fourth-order valence-electron chi connectivity index (χ4n) is 3.42. The highest BCUT2D eigenvalue weighted by Crippen LogP contribution is 2.31. The number of pyridine rings is 1. The number of benzene rings is 1. The van der Waals surface area contributed by atoms with E-state index < -0.39 is 11.7 Å². The van der Waals surface area contributed by atoms with Crippen LogP contribution in [0.5, 0.6) is 11.5 Å². The summed E-state index contributed by atoms with van der Waals surface area (Å²) in [6.45, 7) is 4.24. The number of para-hydroxylation sites is 2. The van der Waals surface area contributed by atoms with Crippen LogP contribution in [0.4, 0.5) is 13.2 Å². The molecule has 0 saturated heterocycles. The van der Waals surface area contributed by atoms with Gasteiger partial charge in [0.15, 0.2) is 17.3 Å². The lowest BCUT2D eigenvalue weighted by Crippen LogP contribution is -2.40. The Labute approximate surface area is 182 Å². The van der Waals surface area contributed by atoms with E-state index >= 15 is 0 Å². The first-order valence-electron chi connectivity index (χ1n) is 10.0. The monoisotopic (exact) mass is 446 g/mol. The van der Waals surface area contributed by atoms with Gasteiger partial charge < -0.3 is 14.8 Å². The number of hydrogen-bond donors (Lipinski definition) is 1. The number of nitrogens with zero attached hydrogens (tertiary/aromatic N) is 3. The summed E-state index contributed by atoms with van der Waals surface area (Å²) in [5.74, 6) is 0.962. The lowest BCUT2D eigenvalue weighted by Gasteiger charge is -2.26. The van der Waals surface area contributed by atoms with Crippen molar-refractivity contribution in [2.24, 2.45) is 0 Å². The average molecular weight is 446 g/mol. The first-order chi connectivity index (χ1) is 15.2. The lowest BCUT2D eigenvalue weighted by atomic mass is 10.1. The van der Waals surface area contributed by atoms with E-state index in [4.69, 9.17) is 9.47 Å². The highest BCUT2D eigenvalue weighted by atomic mass is 19.4. The summed E-state index contributed by atoms with van der Waals surface area (Å²) < 4.78 is 51.4. The van der Waals surface area contributed by atoms with Crippen molar-refractivity contribution in [2.75, 3.05) is 13.2 Å². The minimum absolute atomic E-state index is 0.136. The summed E-state index contributed by atoms with van der Waals surface area (Å²) >= 11 is 0. The van der Waals surface area contributed by atoms with Crippen LogP contribution in [0, 0.1) is 0 Å². The molecule has 10 heteroatoms. The fourth-order valence-corrected chi connectivity index (χ4v) is 3.42. The van der Waals surface area contributed by atoms with E-state index in [9.17, 15) is 18.0 Å². The Morgan fingerprint density at radius 1 is 1.19 bits per heavy atom. The largest absolute Gasteiger partial charge is 0.486 e. The normalized spacial score (nSPS) is 15.6. The molecule has 32 heavy (non-hydrogen) atoms. The van der Waals surface area contributed by atoms with Gasteiger partial charge in [0, 0.05) is 6.20 Å². The van der Waals surface area contributed by atoms with Gasteiger partial charge in [0.25, 0.3) is 5.91 Å². The molecule has 1 atom stereocenters. The topological polar surface area (TPSA) is 78.3 Å². The van der Waals surface area contributed by atoms with Crippen molar-refractivity contribution in [2.45, 2.75) is 32.0 Å². The van der Waals surface area contributed by atoms with Gasteiger partial charge in [-0.2, -0.15) is 18.3 Å². The Hall–Kier alpha value is -3.56. The van der Waals surface area contributed by atoms with Crippen molar-refractivity contribution in [1.82, 2.24) is 20.1 Å². The number of carbonyl (C=O) groups excluding carboxylic acids is 1. The Bertz CT molecular complexity index is 1110. The molecule has 1 aliphatic rings. The number of ether oxygens (including phenoxy) is 2. The molecule has 1 N–H and O–H groups in total. The van der Waals surface area contributed by atoms with E-state index in [2.05, 4.69) is 15.4 Å². The summed E-state index contributed by atoms with van der Waals surface area (Å²) in [5, 5.41) is 7.02. The van der Waals surface area contributed by atoms with Gasteiger partial charge in [0.1, 0.15) is 12.7 Å². The number of amides is 1. The minimum Gasteiger partial charge on any atom is -0.486 e. The minimum atomic E-state index is -4.48. The second-order valence-corrected chi connectivity index (χ2v) is 7.62. The molecule has 168 valence electrons. The number of halogens is 3. The number of rotatable bonds is 5. The molecular weight excluding hydrogens is 425 g/mol. The predicted octanol–water partition coefficient (Wildman–Crippen LogP) is 3.98. The zero-order valence-corrected chi connectivity index (χ0v) is 17.4. The molecule has 1 amide bonds. The molecule has 0 fully saturated rings. The van der Waals surface area contributed by atoms with Crippen LogP contribution in [-0.2, 0) is 6.18 Å². The zero-order valence-electron chi connectivity index (χ0n) is 17.4. The molecule has 0 bridgehead atoms. The maximum Gasteiger partial charge on any atom is 0.417 e. The Morgan fingerprint density at radius 3 is 2.59 bits per heavy atom. The molecular formula is C22H21F3N4O3. The van der Waals surface area contributed by atoms with Crippen LogP contribution in [0.25, 0.3) is 5.82 Å². The summed E-state index contributed by atoms with van der Waals surface area (Å²) in [6.07, 6.45) is -2.70. The van der Waals surface area contributed by atoms with E-state index in [1.807, 2.05) is 32.0 Å². The Morgan fingerprint density at radius 2 is 1.94 bits per heavy atom. The fraction of sp³-hybridized carbons (Fsp3) is 0.318. The van der Waals surface area contributed by atoms with Crippen LogP contribution in [0.1, 0.15) is 41.4 Å². The molecule has 0 aliphatic carbocycles. The second kappa shape index (κ2) is 8.52. The quantitative estimate of drug-likeness (QED) is 0.642. The number of nitrogens with one attached hydrogen (secondary N) is 1.